The van der Waals surface area contributed by atoms with Crippen molar-refractivity contribution in [1.29, 1.82) is 0 Å². The largest absolute Gasteiger partial charge is 0.305 e. The zero-order chi connectivity index (χ0) is 13.7. The minimum absolute atomic E-state index is 0.126. The van der Waals surface area contributed by atoms with Gasteiger partial charge in [-0.3, -0.25) is 9.67 Å². The van der Waals surface area contributed by atoms with Crippen LogP contribution in [0.15, 0.2) is 30.7 Å². The predicted molar refractivity (Wildman–Crippen MR) is 77.0 cm³/mol. The third-order valence-corrected chi connectivity index (χ3v) is 3.30. The normalized spacial score (nSPS) is 12.6. The van der Waals surface area contributed by atoms with Crippen molar-refractivity contribution in [2.24, 2.45) is 0 Å². The molecule has 2 heterocycles. The minimum Gasteiger partial charge on any atom is -0.305 e. The first-order valence-corrected chi connectivity index (χ1v) is 6.99. The van der Waals surface area contributed by atoms with E-state index in [0.29, 0.717) is 0 Å². The Morgan fingerprint density at radius 1 is 1.32 bits per heavy atom. The van der Waals surface area contributed by atoms with Gasteiger partial charge in [-0.2, -0.15) is 5.10 Å². The molecule has 0 bridgehead atoms. The molecule has 0 radical (unpaired) electrons. The first-order valence-electron chi connectivity index (χ1n) is 6.99. The van der Waals surface area contributed by atoms with Crippen LogP contribution in [0.25, 0.3) is 0 Å². The highest BCUT2D eigenvalue weighted by atomic mass is 15.3. The van der Waals surface area contributed by atoms with Gasteiger partial charge in [-0.1, -0.05) is 19.9 Å². The smallest absolute Gasteiger partial charge is 0.0784 e. The molecular weight excluding hydrogens is 236 g/mol. The summed E-state index contributed by atoms with van der Waals surface area (Å²) in [6, 6.07) is 4.28. The van der Waals surface area contributed by atoms with E-state index < -0.39 is 0 Å². The monoisotopic (exact) mass is 258 g/mol. The molecule has 2 aromatic rings. The van der Waals surface area contributed by atoms with E-state index in [1.54, 1.807) is 0 Å². The van der Waals surface area contributed by atoms with Crippen LogP contribution in [0.1, 0.15) is 43.6 Å². The predicted octanol–water partition coefficient (Wildman–Crippen LogP) is 2.56. The Balaban J connectivity index is 2.38. The number of aryl methyl sites for hydroxylation is 2. The Kier molecular flexibility index (Phi) is 4.68. The number of nitrogens with zero attached hydrogens (tertiary/aromatic N) is 3. The maximum atomic E-state index is 4.58. The standard InChI is InChI=1S/C15H22N4/c1-4-12-8-7-9-17-14(12)15(16-5-2)13-10-18-19(6-3)11-13/h7-11,15-16H,4-6H2,1-3H3. The van der Waals surface area contributed by atoms with Crippen LogP contribution in [-0.4, -0.2) is 21.3 Å². The lowest BCUT2D eigenvalue weighted by Crippen LogP contribution is -2.23. The maximum Gasteiger partial charge on any atom is 0.0784 e. The second kappa shape index (κ2) is 6.48. The van der Waals surface area contributed by atoms with Gasteiger partial charge >= 0.3 is 0 Å². The molecule has 0 fully saturated rings. The van der Waals surface area contributed by atoms with E-state index >= 15 is 0 Å². The van der Waals surface area contributed by atoms with Crippen LogP contribution in [0.4, 0.5) is 0 Å². The van der Waals surface area contributed by atoms with E-state index in [1.165, 1.54) is 11.1 Å². The molecule has 102 valence electrons. The topological polar surface area (TPSA) is 42.7 Å². The summed E-state index contributed by atoms with van der Waals surface area (Å²) in [6.45, 7) is 8.17. The summed E-state index contributed by atoms with van der Waals surface area (Å²) in [6.07, 6.45) is 6.89. The van der Waals surface area contributed by atoms with Crippen LogP contribution in [-0.2, 0) is 13.0 Å². The molecule has 4 nitrogen and oxygen atoms in total. The summed E-state index contributed by atoms with van der Waals surface area (Å²) < 4.78 is 1.95. The third kappa shape index (κ3) is 3.01. The van der Waals surface area contributed by atoms with Crippen molar-refractivity contribution in [1.82, 2.24) is 20.1 Å². The molecule has 0 aliphatic heterocycles. The van der Waals surface area contributed by atoms with Gasteiger partial charge in [-0.15, -0.1) is 0 Å². The van der Waals surface area contributed by atoms with Gasteiger partial charge in [0.15, 0.2) is 0 Å². The second-order valence-corrected chi connectivity index (χ2v) is 4.52. The highest BCUT2D eigenvalue weighted by molar-refractivity contribution is 5.30. The Morgan fingerprint density at radius 3 is 2.79 bits per heavy atom. The first kappa shape index (κ1) is 13.7. The average Bonchev–Trinajstić information content (AvgIpc) is 2.93. The van der Waals surface area contributed by atoms with Crippen LogP contribution in [0, 0.1) is 0 Å². The van der Waals surface area contributed by atoms with Gasteiger partial charge in [-0.25, -0.2) is 0 Å². The Morgan fingerprint density at radius 2 is 2.16 bits per heavy atom. The number of aromatic nitrogens is 3. The molecule has 0 spiro atoms. The zero-order valence-corrected chi connectivity index (χ0v) is 11.9. The molecule has 0 saturated heterocycles. The molecule has 0 amide bonds. The summed E-state index contributed by atoms with van der Waals surface area (Å²) in [4.78, 5) is 4.58. The fraction of sp³-hybridized carbons (Fsp3) is 0.467. The van der Waals surface area contributed by atoms with Crippen LogP contribution in [0.2, 0.25) is 0 Å². The molecule has 0 saturated carbocycles. The summed E-state index contributed by atoms with van der Waals surface area (Å²) in [5.74, 6) is 0. The molecule has 4 heteroatoms. The molecule has 2 rings (SSSR count). The van der Waals surface area contributed by atoms with E-state index in [9.17, 15) is 0 Å². The van der Waals surface area contributed by atoms with Gasteiger partial charge < -0.3 is 5.32 Å². The van der Waals surface area contributed by atoms with Crippen molar-refractivity contribution in [3.63, 3.8) is 0 Å². The number of rotatable bonds is 6. The molecule has 0 aliphatic rings. The van der Waals surface area contributed by atoms with Crippen LogP contribution in [0.5, 0.6) is 0 Å². The molecule has 0 aliphatic carbocycles. The molecule has 1 unspecified atom stereocenters. The summed E-state index contributed by atoms with van der Waals surface area (Å²) >= 11 is 0. The lowest BCUT2D eigenvalue weighted by molar-refractivity contribution is 0.606. The van der Waals surface area contributed by atoms with E-state index in [0.717, 1.165) is 25.2 Å². The van der Waals surface area contributed by atoms with Crippen LogP contribution in [0.3, 0.4) is 0 Å². The molecule has 19 heavy (non-hydrogen) atoms. The second-order valence-electron chi connectivity index (χ2n) is 4.52. The van der Waals surface area contributed by atoms with E-state index in [4.69, 9.17) is 0 Å². The summed E-state index contributed by atoms with van der Waals surface area (Å²) in [5, 5.41) is 7.88. The number of hydrogen-bond donors (Lipinski definition) is 1. The Labute approximate surface area is 114 Å². The van der Waals surface area contributed by atoms with E-state index in [1.807, 2.05) is 23.1 Å². The van der Waals surface area contributed by atoms with E-state index in [2.05, 4.69) is 48.4 Å². The lowest BCUT2D eigenvalue weighted by atomic mass is 10.0. The fourth-order valence-corrected chi connectivity index (χ4v) is 2.29. The molecular formula is C15H22N4. The fourth-order valence-electron chi connectivity index (χ4n) is 2.29. The van der Waals surface area contributed by atoms with Gasteiger partial charge in [0.2, 0.25) is 0 Å². The molecule has 1 atom stereocenters. The minimum atomic E-state index is 0.126. The Hall–Kier alpha value is -1.68. The van der Waals surface area contributed by atoms with Gasteiger partial charge in [-0.05, 0) is 31.5 Å². The van der Waals surface area contributed by atoms with Gasteiger partial charge in [0.05, 0.1) is 17.9 Å². The van der Waals surface area contributed by atoms with Crippen molar-refractivity contribution in [3.05, 3.63) is 47.5 Å². The van der Waals surface area contributed by atoms with Crippen molar-refractivity contribution in [2.45, 2.75) is 39.8 Å². The summed E-state index contributed by atoms with van der Waals surface area (Å²) in [7, 11) is 0. The SMILES string of the molecule is CCNC(c1cnn(CC)c1)c1ncccc1CC. The molecule has 2 aromatic heterocycles. The quantitative estimate of drug-likeness (QED) is 0.866. The highest BCUT2D eigenvalue weighted by Crippen LogP contribution is 2.23. The van der Waals surface area contributed by atoms with Crippen molar-refractivity contribution in [2.75, 3.05) is 6.54 Å². The highest BCUT2D eigenvalue weighted by Gasteiger charge is 2.18. The van der Waals surface area contributed by atoms with Crippen molar-refractivity contribution >= 4 is 0 Å². The maximum absolute atomic E-state index is 4.58. The van der Waals surface area contributed by atoms with Gasteiger partial charge in [0, 0.05) is 24.5 Å². The van der Waals surface area contributed by atoms with E-state index in [-0.39, 0.29) is 6.04 Å². The number of hydrogen-bond acceptors (Lipinski definition) is 3. The molecule has 1 N–H and O–H groups in total. The van der Waals surface area contributed by atoms with Crippen molar-refractivity contribution < 1.29 is 0 Å². The number of pyridine rings is 1. The van der Waals surface area contributed by atoms with Crippen LogP contribution < -0.4 is 5.32 Å². The number of nitrogens with one attached hydrogen (secondary N) is 1. The lowest BCUT2D eigenvalue weighted by Gasteiger charge is -2.18. The summed E-state index contributed by atoms with van der Waals surface area (Å²) in [5.41, 5.74) is 3.58. The van der Waals surface area contributed by atoms with Gasteiger partial charge in [0.25, 0.3) is 0 Å². The van der Waals surface area contributed by atoms with Crippen molar-refractivity contribution in [3.8, 4) is 0 Å². The zero-order valence-electron chi connectivity index (χ0n) is 11.9. The molecule has 0 aromatic carbocycles. The third-order valence-electron chi connectivity index (χ3n) is 3.30. The van der Waals surface area contributed by atoms with Gasteiger partial charge in [0.1, 0.15) is 0 Å². The Bertz CT molecular complexity index is 518. The van der Waals surface area contributed by atoms with Crippen LogP contribution >= 0.6 is 0 Å². The first-order chi connectivity index (χ1) is 9.30. The average molecular weight is 258 g/mol.